The van der Waals surface area contributed by atoms with E-state index in [1.807, 2.05) is 39.0 Å². The molecule has 0 aromatic heterocycles. The first-order chi connectivity index (χ1) is 15.4. The maximum Gasteiger partial charge on any atom is 0.373 e. The number of halogens is 1. The molecule has 0 radical (unpaired) electrons. The van der Waals surface area contributed by atoms with Gasteiger partial charge in [0.05, 0.1) is 0 Å². The van der Waals surface area contributed by atoms with Crippen molar-refractivity contribution in [2.24, 2.45) is 5.73 Å². The Balaban J connectivity index is 0. The van der Waals surface area contributed by atoms with Crippen LogP contribution < -0.4 is 11.1 Å². The summed E-state index contributed by atoms with van der Waals surface area (Å²) in [5.41, 5.74) is 6.86. The molecule has 1 aromatic carbocycles. The second-order valence-electron chi connectivity index (χ2n) is 9.07. The highest BCUT2D eigenvalue weighted by molar-refractivity contribution is 9.10. The molecule has 33 heavy (non-hydrogen) atoms. The number of esters is 1. The molecule has 1 aliphatic rings. The first-order valence-corrected chi connectivity index (χ1v) is 12.3. The van der Waals surface area contributed by atoms with E-state index in [0.29, 0.717) is 0 Å². The molecule has 1 unspecified atom stereocenters. The maximum atomic E-state index is 11.7. The average molecular weight is 532 g/mol. The normalized spacial score (nSPS) is 18.3. The summed E-state index contributed by atoms with van der Waals surface area (Å²) >= 11 is 3.39. The average Bonchev–Trinajstić information content (AvgIpc) is 2.92. The predicted molar refractivity (Wildman–Crippen MR) is 135 cm³/mol. The number of benzene rings is 1. The van der Waals surface area contributed by atoms with E-state index < -0.39 is 5.60 Å². The van der Waals surface area contributed by atoms with Crippen LogP contribution in [0.3, 0.4) is 0 Å². The van der Waals surface area contributed by atoms with E-state index in [-0.39, 0.29) is 29.1 Å². The van der Waals surface area contributed by atoms with Crippen molar-refractivity contribution >= 4 is 28.1 Å². The van der Waals surface area contributed by atoms with Crippen molar-refractivity contribution in [1.29, 1.82) is 0 Å². The summed E-state index contributed by atoms with van der Waals surface area (Å²) in [5.74, 6) is -0.171. The first kappa shape index (κ1) is 33.6. The van der Waals surface area contributed by atoms with Crippen molar-refractivity contribution in [3.63, 3.8) is 0 Å². The number of nitrogens with one attached hydrogen (secondary N) is 1. The Bertz CT molecular complexity index is 632. The van der Waals surface area contributed by atoms with Crippen molar-refractivity contribution in [2.45, 2.75) is 89.1 Å². The summed E-state index contributed by atoms with van der Waals surface area (Å²) in [6, 6.07) is 10.3. The standard InChI is InChI=1S/C15H21BrO2.C7H16N2.C2H6O.CO2/c1-15(2,3)18-14(17)13(16)11-7-10-12-8-5-4-6-9-12;1-7(8)4-2-3-5-9-6-7;1-2-3;2-1-3/h4-6,8-9,13H,7,10-11H2,1-3H3;9H,2-6,8H2,1H3;3H,2H2,1H3;/t13-;;;/m0.../s1. The van der Waals surface area contributed by atoms with E-state index in [1.165, 1.54) is 24.8 Å². The summed E-state index contributed by atoms with van der Waals surface area (Å²) in [7, 11) is 0. The highest BCUT2D eigenvalue weighted by atomic mass is 79.9. The monoisotopic (exact) mass is 530 g/mol. The number of alkyl halides is 1. The van der Waals surface area contributed by atoms with E-state index in [2.05, 4.69) is 40.3 Å². The molecule has 1 heterocycles. The second-order valence-corrected chi connectivity index (χ2v) is 10.2. The van der Waals surface area contributed by atoms with Gasteiger partial charge < -0.3 is 20.9 Å². The number of aliphatic hydroxyl groups is 1. The molecule has 190 valence electrons. The van der Waals surface area contributed by atoms with E-state index in [9.17, 15) is 4.79 Å². The van der Waals surface area contributed by atoms with Crippen LogP contribution in [0.2, 0.25) is 0 Å². The highest BCUT2D eigenvalue weighted by Crippen LogP contribution is 2.17. The quantitative estimate of drug-likeness (QED) is 0.388. The van der Waals surface area contributed by atoms with Gasteiger partial charge in [-0.1, -0.05) is 52.7 Å². The van der Waals surface area contributed by atoms with Crippen molar-refractivity contribution in [3.05, 3.63) is 35.9 Å². The van der Waals surface area contributed by atoms with Crippen LogP contribution in [-0.4, -0.2) is 52.9 Å². The van der Waals surface area contributed by atoms with Crippen LogP contribution >= 0.6 is 15.9 Å². The van der Waals surface area contributed by atoms with Gasteiger partial charge in [-0.25, -0.2) is 0 Å². The Morgan fingerprint density at radius 2 is 1.82 bits per heavy atom. The van der Waals surface area contributed by atoms with Crippen molar-refractivity contribution in [3.8, 4) is 0 Å². The molecule has 2 rings (SSSR count). The molecule has 1 aromatic rings. The zero-order valence-electron chi connectivity index (χ0n) is 20.9. The lowest BCUT2D eigenvalue weighted by atomic mass is 9.98. The summed E-state index contributed by atoms with van der Waals surface area (Å²) in [4.78, 5) is 27.8. The number of carbonyl (C=O) groups is 1. The molecular formula is C25H43BrN2O5. The minimum absolute atomic E-state index is 0.0521. The third-order valence-corrected chi connectivity index (χ3v) is 5.14. The fourth-order valence-corrected chi connectivity index (χ4v) is 3.27. The highest BCUT2D eigenvalue weighted by Gasteiger charge is 2.22. The molecule has 1 aliphatic heterocycles. The Kier molecular flexibility index (Phi) is 20.2. The van der Waals surface area contributed by atoms with Crippen LogP contribution in [0.15, 0.2) is 30.3 Å². The molecular weight excluding hydrogens is 488 g/mol. The van der Waals surface area contributed by atoms with Gasteiger partial charge in [-0.15, -0.1) is 0 Å². The zero-order valence-corrected chi connectivity index (χ0v) is 22.4. The number of rotatable bonds is 5. The molecule has 0 bridgehead atoms. The van der Waals surface area contributed by atoms with Gasteiger partial charge in [0.15, 0.2) is 0 Å². The van der Waals surface area contributed by atoms with E-state index >= 15 is 0 Å². The largest absolute Gasteiger partial charge is 0.459 e. The fourth-order valence-electron chi connectivity index (χ4n) is 2.85. The smallest absolute Gasteiger partial charge is 0.373 e. The Morgan fingerprint density at radius 1 is 1.27 bits per heavy atom. The molecule has 7 nitrogen and oxygen atoms in total. The van der Waals surface area contributed by atoms with E-state index in [0.717, 1.165) is 32.4 Å². The summed E-state index contributed by atoms with van der Waals surface area (Å²) in [6.45, 7) is 11.8. The molecule has 0 aliphatic carbocycles. The van der Waals surface area contributed by atoms with Crippen LogP contribution in [0.5, 0.6) is 0 Å². The summed E-state index contributed by atoms with van der Waals surface area (Å²) in [6.07, 6.45) is 6.74. The zero-order chi connectivity index (χ0) is 25.8. The number of carbonyl (C=O) groups excluding carboxylic acids is 3. The minimum Gasteiger partial charge on any atom is -0.459 e. The molecule has 0 amide bonds. The third kappa shape index (κ3) is 23.4. The number of aryl methyl sites for hydroxylation is 1. The minimum atomic E-state index is -0.414. The Labute approximate surface area is 208 Å². The van der Waals surface area contributed by atoms with Gasteiger partial charge in [0.2, 0.25) is 0 Å². The van der Waals surface area contributed by atoms with Crippen LogP contribution in [0.25, 0.3) is 0 Å². The SMILES string of the molecule is CC(C)(C)OC(=O)[C@@H](Br)CCCc1ccccc1.CC1(N)CCCCNC1.CCO.O=C=O. The van der Waals surface area contributed by atoms with E-state index in [1.54, 1.807) is 6.92 Å². The van der Waals surface area contributed by atoms with Gasteiger partial charge in [0.25, 0.3) is 0 Å². The van der Waals surface area contributed by atoms with E-state index in [4.69, 9.17) is 25.2 Å². The molecule has 0 spiro atoms. The predicted octanol–water partition coefficient (Wildman–Crippen LogP) is 4.01. The Morgan fingerprint density at radius 3 is 2.33 bits per heavy atom. The number of nitrogens with two attached hydrogens (primary N) is 1. The topological polar surface area (TPSA) is 119 Å². The maximum absolute atomic E-state index is 11.7. The summed E-state index contributed by atoms with van der Waals surface area (Å²) < 4.78 is 5.32. The lowest BCUT2D eigenvalue weighted by molar-refractivity contribution is -0.191. The van der Waals surface area contributed by atoms with Crippen LogP contribution in [0.1, 0.15) is 72.3 Å². The lowest BCUT2D eigenvalue weighted by Crippen LogP contribution is -2.44. The van der Waals surface area contributed by atoms with Crippen molar-refractivity contribution in [1.82, 2.24) is 5.32 Å². The van der Waals surface area contributed by atoms with Gasteiger partial charge in [0.1, 0.15) is 10.4 Å². The van der Waals surface area contributed by atoms with Crippen LogP contribution in [0, 0.1) is 0 Å². The van der Waals surface area contributed by atoms with Gasteiger partial charge >= 0.3 is 12.1 Å². The second kappa shape index (κ2) is 19.9. The first-order valence-electron chi connectivity index (χ1n) is 11.4. The lowest BCUT2D eigenvalue weighted by Gasteiger charge is -2.21. The molecule has 8 heteroatoms. The molecule has 4 N–H and O–H groups in total. The van der Waals surface area contributed by atoms with Gasteiger partial charge in [0, 0.05) is 18.7 Å². The number of hydrogen-bond acceptors (Lipinski definition) is 7. The summed E-state index contributed by atoms with van der Waals surface area (Å²) in [5, 5.41) is 10.9. The van der Waals surface area contributed by atoms with Crippen molar-refractivity contribution < 1.29 is 24.2 Å². The third-order valence-electron chi connectivity index (χ3n) is 4.31. The van der Waals surface area contributed by atoms with Gasteiger partial charge in [-0.05, 0) is 78.8 Å². The van der Waals surface area contributed by atoms with Crippen LogP contribution in [-0.2, 0) is 25.5 Å². The van der Waals surface area contributed by atoms with Crippen LogP contribution in [0.4, 0.5) is 0 Å². The van der Waals surface area contributed by atoms with Gasteiger partial charge in [-0.2, -0.15) is 9.59 Å². The fraction of sp³-hybridized carbons (Fsp3) is 0.680. The number of ether oxygens (including phenoxy) is 1. The Hall–Kier alpha value is -1.57. The molecule has 1 saturated heterocycles. The molecule has 0 saturated carbocycles. The number of hydrogen-bond donors (Lipinski definition) is 3. The number of aliphatic hydroxyl groups excluding tert-OH is 1. The molecule has 2 atom stereocenters. The molecule has 1 fully saturated rings. The van der Waals surface area contributed by atoms with Crippen molar-refractivity contribution in [2.75, 3.05) is 19.7 Å². The van der Waals surface area contributed by atoms with Gasteiger partial charge in [-0.3, -0.25) is 4.79 Å².